The van der Waals surface area contributed by atoms with Gasteiger partial charge in [-0.3, -0.25) is 9.59 Å². The molecule has 2 rings (SSSR count). The third-order valence-electron chi connectivity index (χ3n) is 3.99. The molecule has 0 aliphatic heterocycles. The van der Waals surface area contributed by atoms with Crippen molar-refractivity contribution in [2.75, 3.05) is 17.2 Å². The lowest BCUT2D eigenvalue weighted by molar-refractivity contribution is -0.115. The lowest BCUT2D eigenvalue weighted by Gasteiger charge is -2.19. The van der Waals surface area contributed by atoms with E-state index in [9.17, 15) is 14.4 Å². The molecule has 0 aliphatic carbocycles. The van der Waals surface area contributed by atoms with E-state index in [0.717, 1.165) is 11.1 Å². The van der Waals surface area contributed by atoms with E-state index in [1.165, 1.54) is 0 Å². The zero-order chi connectivity index (χ0) is 21.6. The number of anilines is 2. The maximum atomic E-state index is 12.4. The molecule has 154 valence electrons. The molecule has 0 saturated carbocycles. The van der Waals surface area contributed by atoms with Crippen LogP contribution >= 0.6 is 0 Å². The van der Waals surface area contributed by atoms with Crippen molar-refractivity contribution in [1.29, 1.82) is 0 Å². The van der Waals surface area contributed by atoms with E-state index in [-0.39, 0.29) is 18.4 Å². The number of hydrogen-bond donors (Lipinski definition) is 3. The summed E-state index contributed by atoms with van der Waals surface area (Å²) >= 11 is 0. The standard InChI is InChI=1S/C22H27N3O4/c1-14-6-7-16(12-15(14)2)20(27)25-18-10-8-17(9-11-18)24-19(26)13-23-21(28)29-22(3,4)5/h6-12H,13H2,1-5H3,(H,23,28)(H,24,26)(H,25,27). The van der Waals surface area contributed by atoms with Gasteiger partial charge in [0.1, 0.15) is 12.1 Å². The molecule has 0 unspecified atom stereocenters. The van der Waals surface area contributed by atoms with Gasteiger partial charge >= 0.3 is 6.09 Å². The van der Waals surface area contributed by atoms with E-state index in [2.05, 4.69) is 16.0 Å². The molecule has 29 heavy (non-hydrogen) atoms. The minimum atomic E-state index is -0.656. The van der Waals surface area contributed by atoms with E-state index in [0.29, 0.717) is 16.9 Å². The lowest BCUT2D eigenvalue weighted by atomic mass is 10.1. The first-order valence-electron chi connectivity index (χ1n) is 9.29. The molecule has 7 heteroatoms. The Morgan fingerprint density at radius 2 is 1.45 bits per heavy atom. The Hall–Kier alpha value is -3.35. The minimum Gasteiger partial charge on any atom is -0.444 e. The first-order chi connectivity index (χ1) is 13.5. The molecule has 0 heterocycles. The van der Waals surface area contributed by atoms with Gasteiger partial charge in [0.05, 0.1) is 0 Å². The highest BCUT2D eigenvalue weighted by Gasteiger charge is 2.16. The number of carbonyl (C=O) groups excluding carboxylic acids is 3. The minimum absolute atomic E-state index is 0.202. The van der Waals surface area contributed by atoms with Crippen LogP contribution in [0.2, 0.25) is 0 Å². The number of nitrogens with one attached hydrogen (secondary N) is 3. The molecule has 0 spiro atoms. The lowest BCUT2D eigenvalue weighted by Crippen LogP contribution is -2.37. The Morgan fingerprint density at radius 1 is 0.862 bits per heavy atom. The van der Waals surface area contributed by atoms with Crippen LogP contribution in [0.25, 0.3) is 0 Å². The quantitative estimate of drug-likeness (QED) is 0.710. The Labute approximate surface area is 170 Å². The SMILES string of the molecule is Cc1ccc(C(=O)Nc2ccc(NC(=O)CNC(=O)OC(C)(C)C)cc2)cc1C. The molecular weight excluding hydrogens is 370 g/mol. The van der Waals surface area contributed by atoms with E-state index >= 15 is 0 Å². The fraction of sp³-hybridized carbons (Fsp3) is 0.318. The number of benzene rings is 2. The highest BCUT2D eigenvalue weighted by atomic mass is 16.6. The predicted octanol–water partition coefficient (Wildman–Crippen LogP) is 4.02. The number of alkyl carbamates (subject to hydrolysis) is 1. The van der Waals surface area contributed by atoms with Crippen LogP contribution in [0.1, 0.15) is 42.3 Å². The monoisotopic (exact) mass is 397 g/mol. The molecule has 0 radical (unpaired) electrons. The van der Waals surface area contributed by atoms with Gasteiger partial charge in [0.25, 0.3) is 5.91 Å². The van der Waals surface area contributed by atoms with Gasteiger partial charge in [0.15, 0.2) is 0 Å². The fourth-order valence-corrected chi connectivity index (χ4v) is 2.39. The molecule has 2 aromatic carbocycles. The normalized spacial score (nSPS) is 10.8. The van der Waals surface area contributed by atoms with E-state index < -0.39 is 11.7 Å². The van der Waals surface area contributed by atoms with Gasteiger partial charge in [-0.05, 0) is 82.1 Å². The molecule has 0 fully saturated rings. The van der Waals surface area contributed by atoms with Crippen LogP contribution in [0.5, 0.6) is 0 Å². The van der Waals surface area contributed by atoms with Crippen molar-refractivity contribution >= 4 is 29.3 Å². The maximum absolute atomic E-state index is 12.4. The predicted molar refractivity (Wildman–Crippen MR) is 113 cm³/mol. The first-order valence-corrected chi connectivity index (χ1v) is 9.29. The van der Waals surface area contributed by atoms with Gasteiger partial charge in [-0.25, -0.2) is 4.79 Å². The van der Waals surface area contributed by atoms with Gasteiger partial charge in [-0.2, -0.15) is 0 Å². The van der Waals surface area contributed by atoms with Crippen LogP contribution in [0.3, 0.4) is 0 Å². The van der Waals surface area contributed by atoms with Gasteiger partial charge < -0.3 is 20.7 Å². The molecule has 0 saturated heterocycles. The third-order valence-corrected chi connectivity index (χ3v) is 3.99. The Morgan fingerprint density at radius 3 is 2.00 bits per heavy atom. The van der Waals surface area contributed by atoms with Crippen molar-refractivity contribution in [3.8, 4) is 0 Å². The molecule has 0 aliphatic rings. The highest BCUT2D eigenvalue weighted by Crippen LogP contribution is 2.16. The summed E-state index contributed by atoms with van der Waals surface area (Å²) in [4.78, 5) is 35.9. The summed E-state index contributed by atoms with van der Waals surface area (Å²) in [5.41, 5.74) is 3.29. The van der Waals surface area contributed by atoms with Gasteiger partial charge in [-0.1, -0.05) is 6.07 Å². The molecule has 2 aromatic rings. The Balaban J connectivity index is 1.86. The van der Waals surface area contributed by atoms with Crippen LogP contribution in [0.15, 0.2) is 42.5 Å². The average Bonchev–Trinajstić information content (AvgIpc) is 2.62. The summed E-state index contributed by atoms with van der Waals surface area (Å²) in [5.74, 6) is -0.589. The van der Waals surface area contributed by atoms with Crippen molar-refractivity contribution in [1.82, 2.24) is 5.32 Å². The molecule has 3 amide bonds. The zero-order valence-electron chi connectivity index (χ0n) is 17.4. The van der Waals surface area contributed by atoms with Crippen LogP contribution in [0, 0.1) is 13.8 Å². The van der Waals surface area contributed by atoms with E-state index in [1.54, 1.807) is 51.1 Å². The third kappa shape index (κ3) is 7.29. The number of ether oxygens (including phenoxy) is 1. The summed E-state index contributed by atoms with van der Waals surface area (Å²) in [7, 11) is 0. The largest absolute Gasteiger partial charge is 0.444 e. The van der Waals surface area contributed by atoms with Crippen molar-refractivity contribution in [2.45, 2.75) is 40.2 Å². The average molecular weight is 397 g/mol. The van der Waals surface area contributed by atoms with E-state index in [4.69, 9.17) is 4.74 Å². The Kier molecular flexibility index (Phi) is 6.98. The summed E-state index contributed by atoms with van der Waals surface area (Å²) in [6, 6.07) is 12.3. The number of carbonyl (C=O) groups is 3. The van der Waals surface area contributed by atoms with Crippen LogP contribution in [-0.2, 0) is 9.53 Å². The second-order valence-electron chi connectivity index (χ2n) is 7.73. The molecule has 7 nitrogen and oxygen atoms in total. The highest BCUT2D eigenvalue weighted by molar-refractivity contribution is 6.04. The zero-order valence-corrected chi connectivity index (χ0v) is 17.4. The van der Waals surface area contributed by atoms with Crippen molar-refractivity contribution < 1.29 is 19.1 Å². The van der Waals surface area contributed by atoms with Crippen molar-refractivity contribution in [3.63, 3.8) is 0 Å². The number of amides is 3. The van der Waals surface area contributed by atoms with Gasteiger partial charge in [0, 0.05) is 16.9 Å². The fourth-order valence-electron chi connectivity index (χ4n) is 2.39. The maximum Gasteiger partial charge on any atom is 0.408 e. The summed E-state index contributed by atoms with van der Waals surface area (Å²) < 4.78 is 5.07. The number of aryl methyl sites for hydroxylation is 2. The van der Waals surface area contributed by atoms with Crippen molar-refractivity contribution in [2.24, 2.45) is 0 Å². The van der Waals surface area contributed by atoms with Crippen molar-refractivity contribution in [3.05, 3.63) is 59.2 Å². The molecular formula is C22H27N3O4. The summed E-state index contributed by atoms with van der Waals surface area (Å²) in [5, 5.41) is 7.88. The first kappa shape index (κ1) is 21.9. The van der Waals surface area contributed by atoms with E-state index in [1.807, 2.05) is 26.0 Å². The van der Waals surface area contributed by atoms with Crippen LogP contribution < -0.4 is 16.0 Å². The molecule has 0 aromatic heterocycles. The molecule has 3 N–H and O–H groups in total. The smallest absolute Gasteiger partial charge is 0.408 e. The number of rotatable bonds is 5. The van der Waals surface area contributed by atoms with Crippen LogP contribution in [-0.4, -0.2) is 30.1 Å². The second kappa shape index (κ2) is 9.23. The van der Waals surface area contributed by atoms with Gasteiger partial charge in [-0.15, -0.1) is 0 Å². The Bertz CT molecular complexity index is 899. The van der Waals surface area contributed by atoms with Gasteiger partial charge in [0.2, 0.25) is 5.91 Å². The summed E-state index contributed by atoms with van der Waals surface area (Å²) in [6.07, 6.45) is -0.656. The summed E-state index contributed by atoms with van der Waals surface area (Å²) in [6.45, 7) is 8.97. The number of hydrogen-bond acceptors (Lipinski definition) is 4. The topological polar surface area (TPSA) is 96.5 Å². The van der Waals surface area contributed by atoms with Crippen LogP contribution in [0.4, 0.5) is 16.2 Å². The molecule has 0 bridgehead atoms. The molecule has 0 atom stereocenters. The second-order valence-corrected chi connectivity index (χ2v) is 7.73.